The Balaban J connectivity index is 2.87. The van der Waals surface area contributed by atoms with Crippen LogP contribution in [0.5, 0.6) is 0 Å². The summed E-state index contributed by atoms with van der Waals surface area (Å²) in [5.41, 5.74) is -2.23. The van der Waals surface area contributed by atoms with Gasteiger partial charge < -0.3 is 54.9 Å². The number of aliphatic hydroxyl groups excluding tert-OH is 8. The van der Waals surface area contributed by atoms with Crippen LogP contribution in [0.1, 0.15) is 6.42 Å². The van der Waals surface area contributed by atoms with Crippen LogP contribution in [0.25, 0.3) is 0 Å². The molecule has 1 saturated heterocycles. The predicted octanol–water partition coefficient (Wildman–Crippen LogP) is -5.18. The van der Waals surface area contributed by atoms with Crippen molar-refractivity contribution in [2.24, 2.45) is 0 Å². The molecule has 1 fully saturated rings. The smallest absolute Gasteiger partial charge is 0.187 e. The van der Waals surface area contributed by atoms with Crippen LogP contribution in [0.2, 0.25) is 0 Å². The van der Waals surface area contributed by atoms with Crippen LogP contribution in [0.15, 0.2) is 0 Å². The van der Waals surface area contributed by atoms with Gasteiger partial charge in [-0.2, -0.15) is 0 Å². The summed E-state index contributed by atoms with van der Waals surface area (Å²) in [6, 6.07) is 0. The number of rotatable bonds is 9. The lowest BCUT2D eigenvalue weighted by Crippen LogP contribution is -2.60. The fourth-order valence-electron chi connectivity index (χ4n) is 2.31. The van der Waals surface area contributed by atoms with Gasteiger partial charge in [0.1, 0.15) is 36.6 Å². The Morgan fingerprint density at radius 1 is 1.00 bits per heavy atom. The molecule has 150 valence electrons. The third kappa shape index (κ3) is 5.59. The van der Waals surface area contributed by atoms with E-state index in [1.807, 2.05) is 0 Å². The van der Waals surface area contributed by atoms with Crippen molar-refractivity contribution in [2.75, 3.05) is 13.2 Å². The number of hydrogen-bond donors (Lipinski definition) is 9. The van der Waals surface area contributed by atoms with Gasteiger partial charge in [-0.15, -0.1) is 0 Å². The van der Waals surface area contributed by atoms with Gasteiger partial charge in [-0.1, -0.05) is 0 Å². The molecule has 0 bridgehead atoms. The van der Waals surface area contributed by atoms with Gasteiger partial charge in [-0.25, -0.2) is 4.21 Å². The second kappa shape index (κ2) is 10.1. The second-order valence-corrected chi connectivity index (χ2v) is 6.57. The third-order valence-corrected chi connectivity index (χ3v) is 4.49. The molecule has 0 saturated carbocycles. The van der Waals surface area contributed by atoms with Crippen molar-refractivity contribution < 1.29 is 59.1 Å². The average molecular weight is 392 g/mol. The van der Waals surface area contributed by atoms with Crippen molar-refractivity contribution >= 4 is 11.1 Å². The highest BCUT2D eigenvalue weighted by atomic mass is 32.2. The number of aliphatic hydroxyl groups is 8. The summed E-state index contributed by atoms with van der Waals surface area (Å²) < 4.78 is 29.8. The Morgan fingerprint density at radius 3 is 2.08 bits per heavy atom. The molecule has 0 aromatic rings. The van der Waals surface area contributed by atoms with E-state index in [1.165, 1.54) is 0 Å². The van der Waals surface area contributed by atoms with E-state index in [9.17, 15) is 34.8 Å². The van der Waals surface area contributed by atoms with E-state index >= 15 is 0 Å². The topological polar surface area (TPSA) is 218 Å². The lowest BCUT2D eigenvalue weighted by molar-refractivity contribution is -0.320. The Kier molecular flexibility index (Phi) is 9.24. The highest BCUT2D eigenvalue weighted by Gasteiger charge is 2.46. The maximum atomic E-state index is 10.8. The standard InChI is InChI=1S/C12H24O12S/c13-2-1-4(6(15)9(18)11(20)25(21)22)23-12-10(19)8(17)7(16)5(3-14)24-12/h4-20H,1-3H2,(H,21,22)/t4-,5?,6+,7-,8+,9-,10+,11+,12+/m1/s1. The van der Waals surface area contributed by atoms with Gasteiger partial charge in [0.15, 0.2) is 22.8 Å². The van der Waals surface area contributed by atoms with Crippen molar-refractivity contribution in [3.8, 4) is 0 Å². The molecular formula is C12H24O12S. The normalized spacial score (nSPS) is 36.4. The average Bonchev–Trinajstić information content (AvgIpc) is 2.59. The van der Waals surface area contributed by atoms with Gasteiger partial charge in [0.25, 0.3) is 0 Å². The minimum absolute atomic E-state index is 0.335. The van der Waals surface area contributed by atoms with Gasteiger partial charge in [0, 0.05) is 6.61 Å². The molecule has 25 heavy (non-hydrogen) atoms. The summed E-state index contributed by atoms with van der Waals surface area (Å²) in [4.78, 5) is 0. The quantitative estimate of drug-likeness (QED) is 0.168. The highest BCUT2D eigenvalue weighted by Crippen LogP contribution is 2.25. The molecule has 1 aliphatic heterocycles. The summed E-state index contributed by atoms with van der Waals surface area (Å²) >= 11 is -2.87. The van der Waals surface area contributed by atoms with Crippen LogP contribution in [0.4, 0.5) is 0 Å². The van der Waals surface area contributed by atoms with E-state index in [2.05, 4.69) is 0 Å². The Labute approximate surface area is 145 Å². The molecule has 13 heteroatoms. The Bertz CT molecular complexity index is 423. The van der Waals surface area contributed by atoms with E-state index in [1.54, 1.807) is 0 Å². The zero-order valence-corrected chi connectivity index (χ0v) is 13.8. The maximum Gasteiger partial charge on any atom is 0.187 e. The highest BCUT2D eigenvalue weighted by molar-refractivity contribution is 7.79. The summed E-state index contributed by atoms with van der Waals surface area (Å²) in [5.74, 6) is 0. The molecule has 1 rings (SSSR count). The third-order valence-electron chi connectivity index (χ3n) is 3.80. The largest absolute Gasteiger partial charge is 0.396 e. The monoisotopic (exact) mass is 392 g/mol. The first-order valence-corrected chi connectivity index (χ1v) is 8.53. The van der Waals surface area contributed by atoms with Crippen molar-refractivity contribution in [1.82, 2.24) is 0 Å². The molecule has 1 aliphatic rings. The summed E-state index contributed by atoms with van der Waals surface area (Å²) in [6.45, 7) is -1.28. The molecule has 0 aromatic heterocycles. The Morgan fingerprint density at radius 2 is 1.60 bits per heavy atom. The first-order valence-electron chi connectivity index (χ1n) is 7.36. The fourth-order valence-corrected chi connectivity index (χ4v) is 2.71. The van der Waals surface area contributed by atoms with Crippen LogP contribution < -0.4 is 0 Å². The van der Waals surface area contributed by atoms with Crippen molar-refractivity contribution in [1.29, 1.82) is 0 Å². The molecular weight excluding hydrogens is 368 g/mol. The molecule has 1 heterocycles. The Hall–Kier alpha value is -0.290. The molecule has 0 aliphatic carbocycles. The first kappa shape index (κ1) is 22.8. The zero-order valence-electron chi connectivity index (χ0n) is 13.0. The van der Waals surface area contributed by atoms with Crippen LogP contribution in [0.3, 0.4) is 0 Å². The van der Waals surface area contributed by atoms with Gasteiger partial charge >= 0.3 is 0 Å². The van der Waals surface area contributed by atoms with Crippen molar-refractivity contribution in [3.63, 3.8) is 0 Å². The molecule has 12 nitrogen and oxygen atoms in total. The molecule has 0 amide bonds. The first-order chi connectivity index (χ1) is 11.6. The molecule has 0 radical (unpaired) electrons. The second-order valence-electron chi connectivity index (χ2n) is 5.53. The zero-order chi connectivity index (χ0) is 19.3. The molecule has 9 N–H and O–H groups in total. The lowest BCUT2D eigenvalue weighted by atomic mass is 9.99. The fraction of sp³-hybridized carbons (Fsp3) is 1.00. The minimum Gasteiger partial charge on any atom is -0.396 e. The van der Waals surface area contributed by atoms with Gasteiger partial charge in [-0.3, -0.25) is 0 Å². The summed E-state index contributed by atoms with van der Waals surface area (Å²) in [6.07, 6.45) is -14.0. The summed E-state index contributed by atoms with van der Waals surface area (Å²) in [5, 5.41) is 76.4. The SMILES string of the molecule is O=S(O)[C@H](O)[C@H](O)[C@@H](O)[C@@H](CCO)O[C@H]1OC(CO)[C@@H](O)[C@H](O)[C@@H]1O. The molecule has 0 spiro atoms. The van der Waals surface area contributed by atoms with E-state index in [4.69, 9.17) is 24.2 Å². The summed E-state index contributed by atoms with van der Waals surface area (Å²) in [7, 11) is 0. The molecule has 2 unspecified atom stereocenters. The van der Waals surface area contributed by atoms with Crippen LogP contribution in [-0.2, 0) is 20.6 Å². The van der Waals surface area contributed by atoms with Gasteiger partial charge in [-0.05, 0) is 6.42 Å². The van der Waals surface area contributed by atoms with Gasteiger partial charge in [0.05, 0.1) is 12.7 Å². The van der Waals surface area contributed by atoms with Crippen LogP contribution in [0, 0.1) is 0 Å². The van der Waals surface area contributed by atoms with Crippen molar-refractivity contribution in [3.05, 3.63) is 0 Å². The number of ether oxygens (including phenoxy) is 2. The van der Waals surface area contributed by atoms with E-state index in [0.29, 0.717) is 0 Å². The van der Waals surface area contributed by atoms with E-state index in [0.717, 1.165) is 0 Å². The molecule has 0 aromatic carbocycles. The minimum atomic E-state index is -2.87. The number of hydrogen-bond acceptors (Lipinski definition) is 11. The molecule has 10 atom stereocenters. The maximum absolute atomic E-state index is 10.8. The lowest BCUT2D eigenvalue weighted by Gasteiger charge is -2.41. The van der Waals surface area contributed by atoms with Gasteiger partial charge in [0.2, 0.25) is 0 Å². The predicted molar refractivity (Wildman–Crippen MR) is 79.1 cm³/mol. The van der Waals surface area contributed by atoms with Crippen molar-refractivity contribution in [2.45, 2.75) is 60.9 Å². The van der Waals surface area contributed by atoms with E-state index in [-0.39, 0.29) is 6.42 Å². The van der Waals surface area contributed by atoms with Crippen LogP contribution in [-0.4, -0.2) is 117 Å². The van der Waals surface area contributed by atoms with Crippen LogP contribution >= 0.6 is 0 Å². The van der Waals surface area contributed by atoms with E-state index < -0.39 is 78.7 Å².